The summed E-state index contributed by atoms with van der Waals surface area (Å²) in [5.74, 6) is 7.14. The molecule has 8 rings (SSSR count). The third-order valence-corrected chi connectivity index (χ3v) is 13.7. The van der Waals surface area contributed by atoms with E-state index < -0.39 is 13.3 Å². The number of fused-ring (bicyclic) bond motifs is 3. The van der Waals surface area contributed by atoms with Gasteiger partial charge in [0.05, 0.1) is 0 Å². The fourth-order valence-electron chi connectivity index (χ4n) is 5.67. The van der Waals surface area contributed by atoms with Crippen molar-refractivity contribution in [3.05, 3.63) is 164 Å². The van der Waals surface area contributed by atoms with E-state index >= 15 is 0 Å². The molecule has 5 aromatic carbocycles. The number of thiophene rings is 1. The van der Waals surface area contributed by atoms with E-state index in [1.807, 2.05) is 60.1 Å². The van der Waals surface area contributed by atoms with E-state index in [-0.39, 0.29) is 20.1 Å². The first-order valence-electron chi connectivity index (χ1n) is 15.8. The van der Waals surface area contributed by atoms with E-state index in [1.54, 1.807) is 0 Å². The van der Waals surface area contributed by atoms with Crippen molar-refractivity contribution in [3.8, 4) is 44.8 Å². The molecular formula is C43H34GeIrN2S-2. The Hall–Kier alpha value is -4.19. The molecule has 237 valence electrons. The van der Waals surface area contributed by atoms with Gasteiger partial charge in [-0.25, -0.2) is 0 Å². The topological polar surface area (TPSA) is 25.8 Å². The number of hydrogen-bond acceptors (Lipinski definition) is 3. The third kappa shape index (κ3) is 7.43. The van der Waals surface area contributed by atoms with Gasteiger partial charge >= 0.3 is 99.8 Å². The first-order valence-corrected chi connectivity index (χ1v) is 24.0. The Balaban J connectivity index is 0.000000201. The first kappa shape index (κ1) is 33.7. The predicted octanol–water partition coefficient (Wildman–Crippen LogP) is 11.3. The van der Waals surface area contributed by atoms with Gasteiger partial charge in [-0.05, 0) is 56.2 Å². The average Bonchev–Trinajstić information content (AvgIpc) is 3.51. The maximum Gasteiger partial charge on any atom is 0.0240 e. The second kappa shape index (κ2) is 14.9. The summed E-state index contributed by atoms with van der Waals surface area (Å²) in [6.45, 7) is 0. The van der Waals surface area contributed by atoms with Gasteiger partial charge in [0.1, 0.15) is 0 Å². The molecule has 0 aliphatic rings. The van der Waals surface area contributed by atoms with Crippen LogP contribution >= 0.6 is 11.3 Å². The SMILES string of the molecule is [CH3][Ge]([CH3])([CH3])[c]1ccc(-c2[c-]cccc2)nc1.[Ir].[c-]1ccc2c(sc3ccc(-c4ccccc4)cc32)c1-c1cc(-c2ccccc2)ccn1. The number of benzene rings is 5. The van der Waals surface area contributed by atoms with Crippen molar-refractivity contribution in [2.45, 2.75) is 17.3 Å². The van der Waals surface area contributed by atoms with Gasteiger partial charge in [-0.1, -0.05) is 78.2 Å². The van der Waals surface area contributed by atoms with Gasteiger partial charge < -0.3 is 4.98 Å². The molecule has 3 heterocycles. The van der Waals surface area contributed by atoms with Gasteiger partial charge in [0, 0.05) is 31.0 Å². The van der Waals surface area contributed by atoms with Crippen molar-refractivity contribution >= 4 is 49.2 Å². The fourth-order valence-corrected chi connectivity index (χ4v) is 9.03. The van der Waals surface area contributed by atoms with Crippen LogP contribution in [-0.4, -0.2) is 23.2 Å². The summed E-state index contributed by atoms with van der Waals surface area (Å²) in [4.78, 5) is 9.23. The molecule has 0 N–H and O–H groups in total. The summed E-state index contributed by atoms with van der Waals surface area (Å²) >= 11 is 0.102. The van der Waals surface area contributed by atoms with Crippen LogP contribution in [0, 0.1) is 12.1 Å². The Morgan fingerprint density at radius 2 is 1.27 bits per heavy atom. The summed E-state index contributed by atoms with van der Waals surface area (Å²) in [5, 5.41) is 2.55. The van der Waals surface area contributed by atoms with Crippen molar-refractivity contribution in [2.75, 3.05) is 0 Å². The molecule has 2 nitrogen and oxygen atoms in total. The zero-order valence-electron chi connectivity index (χ0n) is 27.1. The van der Waals surface area contributed by atoms with Crippen LogP contribution in [-0.2, 0) is 20.1 Å². The minimum Gasteiger partial charge on any atom is -0.305 e. The molecule has 0 spiro atoms. The van der Waals surface area contributed by atoms with Crippen LogP contribution in [0.25, 0.3) is 64.9 Å². The Morgan fingerprint density at radius 1 is 0.562 bits per heavy atom. The van der Waals surface area contributed by atoms with Crippen molar-refractivity contribution in [1.82, 2.24) is 9.97 Å². The van der Waals surface area contributed by atoms with Gasteiger partial charge in [-0.3, -0.25) is 0 Å². The Kier molecular flexibility index (Phi) is 10.5. The summed E-state index contributed by atoms with van der Waals surface area (Å²) in [7, 11) is 0. The predicted molar refractivity (Wildman–Crippen MR) is 204 cm³/mol. The van der Waals surface area contributed by atoms with Crippen LogP contribution in [0.4, 0.5) is 0 Å². The average molecular weight is 876 g/mol. The van der Waals surface area contributed by atoms with E-state index in [1.165, 1.54) is 46.8 Å². The molecule has 5 heteroatoms. The van der Waals surface area contributed by atoms with Crippen molar-refractivity contribution in [3.63, 3.8) is 0 Å². The van der Waals surface area contributed by atoms with Gasteiger partial charge in [-0.2, -0.15) is 11.3 Å². The monoisotopic (exact) mass is 877 g/mol. The summed E-state index contributed by atoms with van der Waals surface area (Å²) in [5.41, 5.74) is 8.95. The van der Waals surface area contributed by atoms with E-state index in [0.717, 1.165) is 22.5 Å². The first-order chi connectivity index (χ1) is 22.9. The molecule has 0 aliphatic heterocycles. The van der Waals surface area contributed by atoms with Crippen molar-refractivity contribution in [1.29, 1.82) is 0 Å². The zero-order valence-corrected chi connectivity index (χ0v) is 32.4. The second-order valence-electron chi connectivity index (χ2n) is 12.5. The molecule has 3 aromatic heterocycles. The maximum atomic E-state index is 4.70. The van der Waals surface area contributed by atoms with E-state index in [0.29, 0.717) is 0 Å². The molecule has 0 saturated heterocycles. The minimum absolute atomic E-state index is 0. The van der Waals surface area contributed by atoms with Crippen LogP contribution in [0.15, 0.2) is 152 Å². The van der Waals surface area contributed by atoms with Crippen molar-refractivity contribution < 1.29 is 20.1 Å². The Morgan fingerprint density at radius 3 is 1.92 bits per heavy atom. The fraction of sp³-hybridized carbons (Fsp3) is 0.0698. The van der Waals surface area contributed by atoms with Gasteiger partial charge in [0.25, 0.3) is 0 Å². The van der Waals surface area contributed by atoms with Crippen LogP contribution in [0.1, 0.15) is 0 Å². The number of nitrogens with zero attached hydrogens (tertiary/aromatic N) is 2. The third-order valence-electron chi connectivity index (χ3n) is 8.28. The van der Waals surface area contributed by atoms with Crippen LogP contribution < -0.4 is 4.40 Å². The van der Waals surface area contributed by atoms with Gasteiger partial charge in [0.15, 0.2) is 0 Å². The normalized spacial score (nSPS) is 11.1. The molecule has 0 unspecified atom stereocenters. The minimum atomic E-state index is -1.72. The molecule has 0 saturated carbocycles. The largest absolute Gasteiger partial charge is 0.305 e. The molecule has 0 atom stereocenters. The molecular weight excluding hydrogens is 841 g/mol. The molecule has 0 amide bonds. The van der Waals surface area contributed by atoms with Crippen LogP contribution in [0.5, 0.6) is 0 Å². The second-order valence-corrected chi connectivity index (χ2v) is 24.2. The van der Waals surface area contributed by atoms with Gasteiger partial charge in [0.2, 0.25) is 0 Å². The smallest absolute Gasteiger partial charge is 0.0240 e. The molecule has 48 heavy (non-hydrogen) atoms. The number of rotatable bonds is 5. The van der Waals surface area contributed by atoms with Crippen LogP contribution in [0.2, 0.25) is 17.3 Å². The number of aromatic nitrogens is 2. The quantitative estimate of drug-likeness (QED) is 0.127. The van der Waals surface area contributed by atoms with E-state index in [2.05, 4.69) is 138 Å². The summed E-state index contributed by atoms with van der Waals surface area (Å²) in [6.07, 6.45) is 3.93. The Labute approximate surface area is 303 Å². The maximum absolute atomic E-state index is 4.70. The molecule has 0 fully saturated rings. The van der Waals surface area contributed by atoms with Gasteiger partial charge in [-0.15, -0.1) is 23.8 Å². The Bertz CT molecular complexity index is 2260. The standard InChI is InChI=1S/C29H18NS.C14H16GeN.Ir/c1-3-8-20(9-4-1)22-14-15-28-26(18-22)24-12-7-13-25(29(24)31-28)27-19-23(16-17-30-27)21-10-5-2-6-11-21;1-15(2,3)13-9-10-14(16-11-13)12-7-5-4-6-8-12;/h1-12,14-19H;4-7,9-11H,1-3H3;/q2*-1;. The van der Waals surface area contributed by atoms with E-state index in [4.69, 9.17) is 4.98 Å². The summed E-state index contributed by atoms with van der Waals surface area (Å²) < 4.78 is 3.97. The molecule has 0 bridgehead atoms. The van der Waals surface area contributed by atoms with Crippen molar-refractivity contribution in [2.24, 2.45) is 0 Å². The molecule has 8 aromatic rings. The van der Waals surface area contributed by atoms with Crippen LogP contribution in [0.3, 0.4) is 0 Å². The molecule has 0 aliphatic carbocycles. The number of pyridine rings is 2. The molecule has 1 radical (unpaired) electrons. The van der Waals surface area contributed by atoms with E-state index in [9.17, 15) is 0 Å². The number of hydrogen-bond donors (Lipinski definition) is 0. The summed E-state index contributed by atoms with van der Waals surface area (Å²) in [6, 6.07) is 55.1. The zero-order chi connectivity index (χ0) is 32.2.